The first-order valence-corrected chi connectivity index (χ1v) is 9.24. The summed E-state index contributed by atoms with van der Waals surface area (Å²) in [6.45, 7) is 1.65. The van der Waals surface area contributed by atoms with E-state index in [0.717, 1.165) is 5.56 Å². The molecule has 0 aliphatic rings. The van der Waals surface area contributed by atoms with Crippen molar-refractivity contribution in [3.8, 4) is 5.75 Å². The molecule has 0 bridgehead atoms. The van der Waals surface area contributed by atoms with Gasteiger partial charge in [-0.1, -0.05) is 18.2 Å². The van der Waals surface area contributed by atoms with E-state index in [-0.39, 0.29) is 4.90 Å². The second-order valence-corrected chi connectivity index (χ2v) is 7.00. The quantitative estimate of drug-likeness (QED) is 0.521. The third-order valence-electron chi connectivity index (χ3n) is 3.30. The van der Waals surface area contributed by atoms with Crippen molar-refractivity contribution < 1.29 is 22.7 Å². The van der Waals surface area contributed by atoms with Crippen molar-refractivity contribution in [3.05, 3.63) is 54.1 Å². The van der Waals surface area contributed by atoms with Crippen LogP contribution in [0.25, 0.3) is 0 Å². The van der Waals surface area contributed by atoms with Crippen LogP contribution in [-0.2, 0) is 21.2 Å². The lowest BCUT2D eigenvalue weighted by atomic mass is 10.1. The fourth-order valence-electron chi connectivity index (χ4n) is 2.14. The first-order chi connectivity index (χ1) is 12.2. The Morgan fingerprint density at radius 1 is 1.12 bits per heavy atom. The van der Waals surface area contributed by atoms with Crippen LogP contribution in [0.15, 0.2) is 53.4 Å². The molecule has 4 N–H and O–H groups in total. The summed E-state index contributed by atoms with van der Waals surface area (Å²) in [6.07, 6.45) is 0.520. The molecule has 2 amide bonds. The number of nitrogens with two attached hydrogens (primary N) is 1. The maximum Gasteiger partial charge on any atom is 0.319 e. The molecule has 26 heavy (non-hydrogen) atoms. The molecule has 0 spiro atoms. The maximum absolute atomic E-state index is 11.9. The number of ether oxygens (including phenoxy) is 1. The summed E-state index contributed by atoms with van der Waals surface area (Å²) in [5.74, 6) is -0.106. The first-order valence-electron chi connectivity index (χ1n) is 7.69. The van der Waals surface area contributed by atoms with Crippen LogP contribution in [0.2, 0.25) is 0 Å². The van der Waals surface area contributed by atoms with Crippen LogP contribution in [0.4, 0.5) is 10.5 Å². The number of esters is 1. The van der Waals surface area contributed by atoms with Gasteiger partial charge >= 0.3 is 12.0 Å². The normalized spacial score (nSPS) is 10.8. The Hall–Kier alpha value is -2.91. The van der Waals surface area contributed by atoms with Crippen LogP contribution in [0.1, 0.15) is 12.5 Å². The molecule has 2 aromatic rings. The molecule has 0 radical (unpaired) electrons. The molecule has 0 aliphatic carbocycles. The number of urea groups is 1. The molecular weight excluding hydrogens is 358 g/mol. The zero-order valence-electron chi connectivity index (χ0n) is 14.1. The van der Waals surface area contributed by atoms with Gasteiger partial charge < -0.3 is 15.4 Å². The zero-order valence-corrected chi connectivity index (χ0v) is 14.9. The standard InChI is InChI=1S/C17H19N3O5S/c1-12(21)25-15-4-2-3-14(11-15)20-17(22)19-10-9-13-5-7-16(8-6-13)26(18,23)24/h2-8,11H,9-10H2,1H3,(H2,18,23,24)(H2,19,20,22). The van der Waals surface area contributed by atoms with E-state index >= 15 is 0 Å². The van der Waals surface area contributed by atoms with Crippen molar-refractivity contribution in [2.24, 2.45) is 5.14 Å². The maximum atomic E-state index is 11.9. The third-order valence-corrected chi connectivity index (χ3v) is 4.23. The highest BCUT2D eigenvalue weighted by molar-refractivity contribution is 7.89. The average molecular weight is 377 g/mol. The molecule has 0 aliphatic heterocycles. The number of hydrogen-bond acceptors (Lipinski definition) is 5. The van der Waals surface area contributed by atoms with Crippen LogP contribution in [0.3, 0.4) is 0 Å². The summed E-state index contributed by atoms with van der Waals surface area (Å²) in [7, 11) is -3.71. The van der Waals surface area contributed by atoms with E-state index in [2.05, 4.69) is 10.6 Å². The molecular formula is C17H19N3O5S. The van der Waals surface area contributed by atoms with E-state index in [1.807, 2.05) is 0 Å². The summed E-state index contributed by atoms with van der Waals surface area (Å²) >= 11 is 0. The number of carbonyl (C=O) groups is 2. The molecule has 0 saturated heterocycles. The van der Waals surface area contributed by atoms with Crippen molar-refractivity contribution in [2.75, 3.05) is 11.9 Å². The lowest BCUT2D eigenvalue weighted by molar-refractivity contribution is -0.131. The molecule has 0 fully saturated rings. The van der Waals surface area contributed by atoms with E-state index in [1.54, 1.807) is 30.3 Å². The Bertz CT molecular complexity index is 895. The van der Waals surface area contributed by atoms with Gasteiger partial charge in [0.1, 0.15) is 5.75 Å². The van der Waals surface area contributed by atoms with Gasteiger partial charge in [0.2, 0.25) is 10.0 Å². The average Bonchev–Trinajstić information content (AvgIpc) is 2.54. The Morgan fingerprint density at radius 3 is 2.42 bits per heavy atom. The summed E-state index contributed by atoms with van der Waals surface area (Å²) in [4.78, 5) is 22.9. The van der Waals surface area contributed by atoms with Crippen molar-refractivity contribution in [2.45, 2.75) is 18.2 Å². The van der Waals surface area contributed by atoms with Crippen molar-refractivity contribution in [1.29, 1.82) is 0 Å². The molecule has 0 heterocycles. The minimum Gasteiger partial charge on any atom is -0.427 e. The van der Waals surface area contributed by atoms with Crippen LogP contribution in [-0.4, -0.2) is 27.0 Å². The molecule has 2 rings (SSSR count). The highest BCUT2D eigenvalue weighted by atomic mass is 32.2. The molecule has 0 aromatic heterocycles. The van der Waals surface area contributed by atoms with E-state index in [0.29, 0.717) is 24.4 Å². The number of anilines is 1. The van der Waals surface area contributed by atoms with Gasteiger partial charge in [0.05, 0.1) is 4.90 Å². The minimum absolute atomic E-state index is 0.0413. The zero-order chi connectivity index (χ0) is 19.2. The minimum atomic E-state index is -3.71. The van der Waals surface area contributed by atoms with Gasteiger partial charge in [-0.3, -0.25) is 4.79 Å². The van der Waals surface area contributed by atoms with E-state index in [9.17, 15) is 18.0 Å². The number of carbonyl (C=O) groups excluding carboxylic acids is 2. The molecule has 0 saturated carbocycles. The summed E-state index contributed by atoms with van der Waals surface area (Å²) in [6, 6.07) is 12.2. The van der Waals surface area contributed by atoms with Gasteiger partial charge in [0.25, 0.3) is 0 Å². The second-order valence-electron chi connectivity index (χ2n) is 5.44. The van der Waals surface area contributed by atoms with Gasteiger partial charge in [-0.15, -0.1) is 0 Å². The number of sulfonamides is 1. The smallest absolute Gasteiger partial charge is 0.319 e. The number of benzene rings is 2. The molecule has 0 atom stereocenters. The SMILES string of the molecule is CC(=O)Oc1cccc(NC(=O)NCCc2ccc(S(N)(=O)=O)cc2)c1. The van der Waals surface area contributed by atoms with E-state index < -0.39 is 22.0 Å². The molecule has 8 nitrogen and oxygen atoms in total. The van der Waals surface area contributed by atoms with Gasteiger partial charge in [-0.2, -0.15) is 0 Å². The van der Waals surface area contributed by atoms with Crippen molar-refractivity contribution in [1.82, 2.24) is 5.32 Å². The lowest BCUT2D eigenvalue weighted by Gasteiger charge is -2.09. The third kappa shape index (κ3) is 6.19. The highest BCUT2D eigenvalue weighted by Crippen LogP contribution is 2.17. The number of primary sulfonamides is 1. The molecule has 138 valence electrons. The fourth-order valence-corrected chi connectivity index (χ4v) is 2.66. The largest absolute Gasteiger partial charge is 0.427 e. The van der Waals surface area contributed by atoms with Gasteiger partial charge in [-0.25, -0.2) is 18.4 Å². The molecule has 9 heteroatoms. The van der Waals surface area contributed by atoms with Crippen LogP contribution >= 0.6 is 0 Å². The van der Waals surface area contributed by atoms with Crippen LogP contribution in [0.5, 0.6) is 5.75 Å². The second kappa shape index (κ2) is 8.45. The Labute approximate surface area is 151 Å². The summed E-state index contributed by atoms with van der Waals surface area (Å²) in [5.41, 5.74) is 1.34. The van der Waals surface area contributed by atoms with Crippen LogP contribution < -0.4 is 20.5 Å². The lowest BCUT2D eigenvalue weighted by Crippen LogP contribution is -2.30. The first kappa shape index (κ1) is 19.4. The monoisotopic (exact) mass is 377 g/mol. The Balaban J connectivity index is 1.83. The van der Waals surface area contributed by atoms with Gasteiger partial charge in [0.15, 0.2) is 0 Å². The number of nitrogens with one attached hydrogen (secondary N) is 2. The number of hydrogen-bond donors (Lipinski definition) is 3. The predicted octanol–water partition coefficient (Wildman–Crippen LogP) is 1.62. The fraction of sp³-hybridized carbons (Fsp3) is 0.176. The topological polar surface area (TPSA) is 128 Å². The predicted molar refractivity (Wildman–Crippen MR) is 96.3 cm³/mol. The van der Waals surface area contributed by atoms with Crippen molar-refractivity contribution in [3.63, 3.8) is 0 Å². The highest BCUT2D eigenvalue weighted by Gasteiger charge is 2.07. The van der Waals surface area contributed by atoms with Gasteiger partial charge in [0, 0.05) is 25.2 Å². The van der Waals surface area contributed by atoms with E-state index in [4.69, 9.17) is 9.88 Å². The number of amides is 2. The number of rotatable bonds is 6. The van der Waals surface area contributed by atoms with E-state index in [1.165, 1.54) is 25.1 Å². The molecule has 2 aromatic carbocycles. The summed E-state index contributed by atoms with van der Waals surface area (Å²) < 4.78 is 27.3. The van der Waals surface area contributed by atoms with Crippen LogP contribution in [0, 0.1) is 0 Å². The Morgan fingerprint density at radius 2 is 1.81 bits per heavy atom. The Kier molecular flexibility index (Phi) is 6.31. The molecule has 0 unspecified atom stereocenters. The van der Waals surface area contributed by atoms with Gasteiger partial charge in [-0.05, 0) is 36.2 Å². The van der Waals surface area contributed by atoms with Crippen molar-refractivity contribution >= 4 is 27.7 Å². The summed E-state index contributed by atoms with van der Waals surface area (Å²) in [5, 5.41) is 10.4.